The van der Waals surface area contributed by atoms with Crippen LogP contribution in [-0.2, 0) is 9.53 Å². The SMILES string of the molecule is Cc1cc2c(NC(=O)N3CCC[C@H](C(=O)N4CCOCC4)C3)cccc2nn1. The molecule has 0 aliphatic carbocycles. The lowest BCUT2D eigenvalue weighted by molar-refractivity contribution is -0.141. The number of anilines is 1. The highest BCUT2D eigenvalue weighted by Gasteiger charge is 2.32. The molecule has 0 saturated carbocycles. The molecule has 1 aromatic carbocycles. The number of hydrogen-bond donors (Lipinski definition) is 1. The number of fused-ring (bicyclic) bond motifs is 1. The van der Waals surface area contributed by atoms with Crippen LogP contribution in [0.15, 0.2) is 24.3 Å². The Labute approximate surface area is 163 Å². The summed E-state index contributed by atoms with van der Waals surface area (Å²) in [6.45, 7) is 5.43. The van der Waals surface area contributed by atoms with Crippen molar-refractivity contribution in [1.29, 1.82) is 0 Å². The van der Waals surface area contributed by atoms with Crippen LogP contribution in [0.2, 0.25) is 0 Å². The van der Waals surface area contributed by atoms with Gasteiger partial charge in [-0.2, -0.15) is 10.2 Å². The number of likely N-dealkylation sites (tertiary alicyclic amines) is 1. The summed E-state index contributed by atoms with van der Waals surface area (Å²) in [4.78, 5) is 29.3. The number of aromatic nitrogens is 2. The van der Waals surface area contributed by atoms with Crippen molar-refractivity contribution >= 4 is 28.5 Å². The molecule has 1 N–H and O–H groups in total. The molecule has 2 aliphatic heterocycles. The molecule has 148 valence electrons. The molecule has 0 radical (unpaired) electrons. The van der Waals surface area contributed by atoms with Crippen LogP contribution in [0, 0.1) is 12.8 Å². The maximum Gasteiger partial charge on any atom is 0.321 e. The summed E-state index contributed by atoms with van der Waals surface area (Å²) in [7, 11) is 0. The van der Waals surface area contributed by atoms with E-state index in [0.29, 0.717) is 45.1 Å². The van der Waals surface area contributed by atoms with Crippen LogP contribution in [0.1, 0.15) is 18.5 Å². The number of nitrogens with one attached hydrogen (secondary N) is 1. The molecule has 3 heterocycles. The third-order valence-electron chi connectivity index (χ3n) is 5.37. The summed E-state index contributed by atoms with van der Waals surface area (Å²) in [5.74, 6) is -0.00455. The van der Waals surface area contributed by atoms with Gasteiger partial charge in [0, 0.05) is 31.6 Å². The molecule has 1 atom stereocenters. The molecule has 28 heavy (non-hydrogen) atoms. The first kappa shape index (κ1) is 18.6. The monoisotopic (exact) mass is 383 g/mol. The van der Waals surface area contributed by atoms with E-state index in [1.165, 1.54) is 0 Å². The second-order valence-electron chi connectivity index (χ2n) is 7.38. The summed E-state index contributed by atoms with van der Waals surface area (Å²) >= 11 is 0. The van der Waals surface area contributed by atoms with Crippen molar-refractivity contribution < 1.29 is 14.3 Å². The fourth-order valence-electron chi connectivity index (χ4n) is 3.87. The van der Waals surface area contributed by atoms with E-state index in [4.69, 9.17) is 4.74 Å². The highest BCUT2D eigenvalue weighted by molar-refractivity contribution is 6.00. The molecule has 4 rings (SSSR count). The van der Waals surface area contributed by atoms with Crippen LogP contribution < -0.4 is 5.32 Å². The summed E-state index contributed by atoms with van der Waals surface area (Å²) < 4.78 is 5.33. The van der Waals surface area contributed by atoms with E-state index in [2.05, 4.69) is 15.5 Å². The number of nitrogens with zero attached hydrogens (tertiary/aromatic N) is 4. The smallest absolute Gasteiger partial charge is 0.321 e. The fourth-order valence-corrected chi connectivity index (χ4v) is 3.87. The van der Waals surface area contributed by atoms with Crippen molar-refractivity contribution in [1.82, 2.24) is 20.0 Å². The number of benzene rings is 1. The minimum Gasteiger partial charge on any atom is -0.378 e. The van der Waals surface area contributed by atoms with Gasteiger partial charge in [0.2, 0.25) is 5.91 Å². The Morgan fingerprint density at radius 2 is 1.96 bits per heavy atom. The second kappa shape index (κ2) is 8.10. The minimum absolute atomic E-state index is 0.136. The Morgan fingerprint density at radius 1 is 1.14 bits per heavy atom. The van der Waals surface area contributed by atoms with Crippen LogP contribution >= 0.6 is 0 Å². The van der Waals surface area contributed by atoms with Gasteiger partial charge in [-0.25, -0.2) is 4.79 Å². The van der Waals surface area contributed by atoms with E-state index in [9.17, 15) is 9.59 Å². The zero-order chi connectivity index (χ0) is 19.5. The number of carbonyl (C=O) groups is 2. The predicted octanol–water partition coefficient (Wildman–Crippen LogP) is 2.04. The van der Waals surface area contributed by atoms with Gasteiger partial charge in [0.25, 0.3) is 0 Å². The standard InChI is InChI=1S/C20H25N5O3/c1-14-12-16-17(5-2-6-18(16)23-22-14)21-20(27)25-7-3-4-15(13-25)19(26)24-8-10-28-11-9-24/h2,5-6,12,15H,3-4,7-11,13H2,1H3,(H,21,27)/t15-/m0/s1. The zero-order valence-corrected chi connectivity index (χ0v) is 16.1. The van der Waals surface area contributed by atoms with E-state index in [1.807, 2.05) is 36.1 Å². The number of urea groups is 1. The van der Waals surface area contributed by atoms with Gasteiger partial charge in [-0.1, -0.05) is 6.07 Å². The van der Waals surface area contributed by atoms with Gasteiger partial charge in [0.1, 0.15) is 0 Å². The van der Waals surface area contributed by atoms with Crippen molar-refractivity contribution in [3.63, 3.8) is 0 Å². The molecular weight excluding hydrogens is 358 g/mol. The van der Waals surface area contributed by atoms with Gasteiger partial charge < -0.3 is 19.9 Å². The lowest BCUT2D eigenvalue weighted by Gasteiger charge is -2.36. The highest BCUT2D eigenvalue weighted by atomic mass is 16.5. The van der Waals surface area contributed by atoms with Crippen LogP contribution in [0.3, 0.4) is 0 Å². The summed E-state index contributed by atoms with van der Waals surface area (Å²) in [6, 6.07) is 7.32. The van der Waals surface area contributed by atoms with E-state index in [1.54, 1.807) is 4.90 Å². The van der Waals surface area contributed by atoms with Crippen molar-refractivity contribution in [2.24, 2.45) is 5.92 Å². The van der Waals surface area contributed by atoms with Crippen LogP contribution in [-0.4, -0.2) is 71.3 Å². The number of hydrogen-bond acceptors (Lipinski definition) is 5. The van der Waals surface area contributed by atoms with Crippen LogP contribution in [0.5, 0.6) is 0 Å². The molecule has 2 fully saturated rings. The third-order valence-corrected chi connectivity index (χ3v) is 5.37. The number of piperidine rings is 1. The number of carbonyl (C=O) groups excluding carboxylic acids is 2. The number of morpholine rings is 1. The quantitative estimate of drug-likeness (QED) is 0.857. The van der Waals surface area contributed by atoms with Gasteiger partial charge in [-0.15, -0.1) is 0 Å². The first-order valence-electron chi connectivity index (χ1n) is 9.77. The number of rotatable bonds is 2. The maximum absolute atomic E-state index is 12.9. The van der Waals surface area contributed by atoms with E-state index < -0.39 is 0 Å². The average molecular weight is 383 g/mol. The van der Waals surface area contributed by atoms with Crippen molar-refractivity contribution in [3.8, 4) is 0 Å². The number of ether oxygens (including phenoxy) is 1. The molecule has 8 nitrogen and oxygen atoms in total. The number of amides is 3. The highest BCUT2D eigenvalue weighted by Crippen LogP contribution is 2.24. The Bertz CT molecular complexity index is 881. The molecular formula is C20H25N5O3. The molecule has 3 amide bonds. The first-order chi connectivity index (χ1) is 13.6. The fraction of sp³-hybridized carbons (Fsp3) is 0.500. The van der Waals surface area contributed by atoms with E-state index in [0.717, 1.165) is 29.4 Å². The van der Waals surface area contributed by atoms with Crippen molar-refractivity contribution in [3.05, 3.63) is 30.0 Å². The average Bonchev–Trinajstić information content (AvgIpc) is 2.74. The lowest BCUT2D eigenvalue weighted by atomic mass is 9.96. The molecule has 0 spiro atoms. The normalized spacial score (nSPS) is 20.2. The molecule has 2 aliphatic rings. The van der Waals surface area contributed by atoms with E-state index >= 15 is 0 Å². The second-order valence-corrected chi connectivity index (χ2v) is 7.38. The summed E-state index contributed by atoms with van der Waals surface area (Å²) in [6.07, 6.45) is 1.65. The third kappa shape index (κ3) is 3.91. The largest absolute Gasteiger partial charge is 0.378 e. The molecule has 8 heteroatoms. The number of aryl methyl sites for hydroxylation is 1. The maximum atomic E-state index is 12.9. The van der Waals surface area contributed by atoms with Crippen LogP contribution in [0.25, 0.3) is 10.9 Å². The predicted molar refractivity (Wildman–Crippen MR) is 105 cm³/mol. The molecule has 0 bridgehead atoms. The summed E-state index contributed by atoms with van der Waals surface area (Å²) in [5, 5.41) is 12.1. The molecule has 2 aromatic rings. The van der Waals surface area contributed by atoms with Gasteiger partial charge in [-0.05, 0) is 38.0 Å². The van der Waals surface area contributed by atoms with Crippen LogP contribution in [0.4, 0.5) is 10.5 Å². The molecule has 2 saturated heterocycles. The molecule has 1 aromatic heterocycles. The van der Waals surface area contributed by atoms with Gasteiger partial charge >= 0.3 is 6.03 Å². The Kier molecular flexibility index (Phi) is 5.38. The zero-order valence-electron chi connectivity index (χ0n) is 16.1. The van der Waals surface area contributed by atoms with E-state index in [-0.39, 0.29) is 17.9 Å². The molecule has 0 unspecified atom stereocenters. The van der Waals surface area contributed by atoms with Crippen molar-refractivity contribution in [2.45, 2.75) is 19.8 Å². The van der Waals surface area contributed by atoms with Gasteiger partial charge in [0.15, 0.2) is 0 Å². The minimum atomic E-state index is -0.179. The first-order valence-corrected chi connectivity index (χ1v) is 9.77. The lowest BCUT2D eigenvalue weighted by Crippen LogP contribution is -2.50. The topological polar surface area (TPSA) is 87.7 Å². The Hall–Kier alpha value is -2.74. The summed E-state index contributed by atoms with van der Waals surface area (Å²) in [5.41, 5.74) is 2.24. The van der Waals surface area contributed by atoms with Gasteiger partial charge in [0.05, 0.1) is 36.0 Å². The van der Waals surface area contributed by atoms with Crippen molar-refractivity contribution in [2.75, 3.05) is 44.7 Å². The Balaban J connectivity index is 1.45. The Morgan fingerprint density at radius 3 is 2.79 bits per heavy atom. The van der Waals surface area contributed by atoms with Gasteiger partial charge in [-0.3, -0.25) is 4.79 Å².